The number of hydrogen-bond acceptors (Lipinski definition) is 4. The Morgan fingerprint density at radius 1 is 0.586 bits per heavy atom. The number of carbonyl (C=O) groups excluding carboxylic acids is 2. The van der Waals surface area contributed by atoms with E-state index in [2.05, 4.69) is 0 Å². The molecule has 0 aliphatic carbocycles. The summed E-state index contributed by atoms with van der Waals surface area (Å²) in [5.41, 5.74) is -1.20. The minimum absolute atomic E-state index is 0.151. The van der Waals surface area contributed by atoms with Crippen molar-refractivity contribution in [1.29, 1.82) is 0 Å². The summed E-state index contributed by atoms with van der Waals surface area (Å²) >= 11 is 5.82. The predicted octanol–water partition coefficient (Wildman–Crippen LogP) is 4.20. The molecular weight excluding hydrogens is 396 g/mol. The molecule has 0 aromatic heterocycles. The predicted molar refractivity (Wildman–Crippen MR) is 105 cm³/mol. The van der Waals surface area contributed by atoms with Crippen LogP contribution in [0.15, 0.2) is 66.7 Å². The Morgan fingerprint density at radius 3 is 1.45 bits per heavy atom. The van der Waals surface area contributed by atoms with Gasteiger partial charge in [0, 0.05) is 27.3 Å². The molecule has 0 saturated carbocycles. The van der Waals surface area contributed by atoms with Crippen molar-refractivity contribution in [1.82, 2.24) is 0 Å². The van der Waals surface area contributed by atoms with Gasteiger partial charge in [-0.1, -0.05) is 41.9 Å². The standard InChI is InChI=1S/C22H13ClO6/c23-14-8-6-13(7-9-14)20(25)16-10-15(19(24)12-4-2-1-3-5-12)17(21(26)27)11-18(16)22(28)29/h1-11H,(H,26,27)(H,28,29). The molecule has 3 aromatic carbocycles. The molecule has 2 N–H and O–H groups in total. The monoisotopic (exact) mass is 408 g/mol. The second-order valence-corrected chi connectivity index (χ2v) is 6.52. The molecule has 7 heteroatoms. The number of rotatable bonds is 6. The Morgan fingerprint density at radius 2 is 1.00 bits per heavy atom. The van der Waals surface area contributed by atoms with Gasteiger partial charge in [0.15, 0.2) is 11.6 Å². The van der Waals surface area contributed by atoms with E-state index in [9.17, 15) is 29.4 Å². The summed E-state index contributed by atoms with van der Waals surface area (Å²) in [7, 11) is 0. The van der Waals surface area contributed by atoms with Crippen LogP contribution in [0.5, 0.6) is 0 Å². The molecule has 3 aromatic rings. The molecule has 29 heavy (non-hydrogen) atoms. The van der Waals surface area contributed by atoms with Gasteiger partial charge in [-0.25, -0.2) is 9.59 Å². The van der Waals surface area contributed by atoms with E-state index in [0.29, 0.717) is 5.02 Å². The molecule has 0 radical (unpaired) electrons. The van der Waals surface area contributed by atoms with Crippen molar-refractivity contribution < 1.29 is 29.4 Å². The SMILES string of the molecule is O=C(O)c1cc(C(=O)O)c(C(=O)c2ccc(Cl)cc2)cc1C(=O)c1ccccc1. The number of ketones is 2. The van der Waals surface area contributed by atoms with Crippen molar-refractivity contribution in [3.05, 3.63) is 105 Å². The molecule has 0 bridgehead atoms. The van der Waals surface area contributed by atoms with Gasteiger partial charge < -0.3 is 10.2 Å². The van der Waals surface area contributed by atoms with E-state index in [-0.39, 0.29) is 22.3 Å². The van der Waals surface area contributed by atoms with Gasteiger partial charge >= 0.3 is 11.9 Å². The maximum absolute atomic E-state index is 12.9. The molecule has 0 aliphatic rings. The van der Waals surface area contributed by atoms with E-state index in [1.54, 1.807) is 18.2 Å². The zero-order chi connectivity index (χ0) is 21.1. The summed E-state index contributed by atoms with van der Waals surface area (Å²) in [6.45, 7) is 0. The molecule has 0 amide bonds. The number of halogens is 1. The molecule has 144 valence electrons. The summed E-state index contributed by atoms with van der Waals surface area (Å²) in [5.74, 6) is -4.26. The highest BCUT2D eigenvalue weighted by Crippen LogP contribution is 2.24. The maximum atomic E-state index is 12.9. The minimum atomic E-state index is -1.48. The lowest BCUT2D eigenvalue weighted by Crippen LogP contribution is -2.17. The molecule has 0 fully saturated rings. The Balaban J connectivity index is 2.23. The van der Waals surface area contributed by atoms with Gasteiger partial charge in [0.05, 0.1) is 11.1 Å². The number of carboxylic acids is 2. The molecule has 0 saturated heterocycles. The lowest BCUT2D eigenvalue weighted by Gasteiger charge is -2.12. The molecule has 3 rings (SSSR count). The Labute approximate surface area is 170 Å². The first-order valence-electron chi connectivity index (χ1n) is 8.34. The molecule has 0 unspecified atom stereocenters. The number of aromatic carboxylic acids is 2. The lowest BCUT2D eigenvalue weighted by atomic mass is 9.90. The van der Waals surface area contributed by atoms with Crippen LogP contribution >= 0.6 is 11.6 Å². The molecule has 0 spiro atoms. The van der Waals surface area contributed by atoms with Crippen LogP contribution in [0.3, 0.4) is 0 Å². The average Bonchev–Trinajstić information content (AvgIpc) is 2.72. The van der Waals surface area contributed by atoms with Crippen LogP contribution in [0.2, 0.25) is 5.02 Å². The van der Waals surface area contributed by atoms with Gasteiger partial charge in [-0.05, 0) is 36.4 Å². The van der Waals surface area contributed by atoms with Crippen LogP contribution in [0.4, 0.5) is 0 Å². The van der Waals surface area contributed by atoms with E-state index in [0.717, 1.165) is 12.1 Å². The quantitative estimate of drug-likeness (QED) is 0.592. The van der Waals surface area contributed by atoms with E-state index >= 15 is 0 Å². The molecular formula is C22H13ClO6. The second-order valence-electron chi connectivity index (χ2n) is 6.08. The molecule has 0 atom stereocenters. The zero-order valence-corrected chi connectivity index (χ0v) is 15.5. The number of carboxylic acid groups (broad SMARTS) is 2. The third kappa shape index (κ3) is 4.07. The fourth-order valence-corrected chi connectivity index (χ4v) is 2.96. The van der Waals surface area contributed by atoms with Crippen molar-refractivity contribution in [2.75, 3.05) is 0 Å². The first kappa shape index (κ1) is 20.0. The van der Waals surface area contributed by atoms with Crippen LogP contribution in [0, 0.1) is 0 Å². The summed E-state index contributed by atoms with van der Waals surface area (Å²) < 4.78 is 0. The van der Waals surface area contributed by atoms with Gasteiger partial charge in [0.1, 0.15) is 0 Å². The third-order valence-corrected chi connectivity index (χ3v) is 4.50. The first-order valence-corrected chi connectivity index (χ1v) is 8.72. The van der Waals surface area contributed by atoms with E-state index in [1.165, 1.54) is 36.4 Å². The van der Waals surface area contributed by atoms with E-state index < -0.39 is 34.6 Å². The van der Waals surface area contributed by atoms with Crippen molar-refractivity contribution in [2.24, 2.45) is 0 Å². The topological polar surface area (TPSA) is 109 Å². The van der Waals surface area contributed by atoms with Crippen LogP contribution < -0.4 is 0 Å². The number of carbonyl (C=O) groups is 4. The summed E-state index contributed by atoms with van der Waals surface area (Å²) in [6, 6.07) is 15.5. The van der Waals surface area contributed by atoms with Crippen LogP contribution in [0.25, 0.3) is 0 Å². The fraction of sp³-hybridized carbons (Fsp3) is 0. The van der Waals surface area contributed by atoms with Crippen molar-refractivity contribution >= 4 is 35.1 Å². The van der Waals surface area contributed by atoms with Gasteiger partial charge in [-0.3, -0.25) is 9.59 Å². The van der Waals surface area contributed by atoms with Crippen molar-refractivity contribution in [3.63, 3.8) is 0 Å². The van der Waals surface area contributed by atoms with Crippen LogP contribution in [-0.4, -0.2) is 33.7 Å². The number of benzene rings is 3. The smallest absolute Gasteiger partial charge is 0.336 e. The fourth-order valence-electron chi connectivity index (χ4n) is 2.83. The summed E-state index contributed by atoms with van der Waals surface area (Å²) in [5, 5.41) is 19.4. The number of hydrogen-bond donors (Lipinski definition) is 2. The Bertz CT molecular complexity index is 1130. The van der Waals surface area contributed by atoms with Crippen molar-refractivity contribution in [2.45, 2.75) is 0 Å². The van der Waals surface area contributed by atoms with Gasteiger partial charge in [0.25, 0.3) is 0 Å². The normalized spacial score (nSPS) is 10.4. The van der Waals surface area contributed by atoms with Crippen LogP contribution in [-0.2, 0) is 0 Å². The highest BCUT2D eigenvalue weighted by molar-refractivity contribution is 6.30. The zero-order valence-electron chi connectivity index (χ0n) is 14.8. The molecule has 6 nitrogen and oxygen atoms in total. The van der Waals surface area contributed by atoms with E-state index in [1.807, 2.05) is 0 Å². The maximum Gasteiger partial charge on any atom is 0.336 e. The molecule has 0 heterocycles. The average molecular weight is 409 g/mol. The summed E-state index contributed by atoms with van der Waals surface area (Å²) in [4.78, 5) is 49.1. The van der Waals surface area contributed by atoms with Gasteiger partial charge in [-0.15, -0.1) is 0 Å². The Hall–Kier alpha value is -3.77. The Kier molecular flexibility index (Phi) is 5.57. The second kappa shape index (κ2) is 8.08. The summed E-state index contributed by atoms with van der Waals surface area (Å²) in [6.07, 6.45) is 0. The van der Waals surface area contributed by atoms with Gasteiger partial charge in [-0.2, -0.15) is 0 Å². The third-order valence-electron chi connectivity index (χ3n) is 4.25. The highest BCUT2D eigenvalue weighted by atomic mass is 35.5. The van der Waals surface area contributed by atoms with E-state index in [4.69, 9.17) is 11.6 Å². The van der Waals surface area contributed by atoms with Gasteiger partial charge in [0.2, 0.25) is 0 Å². The van der Waals surface area contributed by atoms with Crippen LogP contribution in [0.1, 0.15) is 52.6 Å². The molecule has 0 aliphatic heterocycles. The largest absolute Gasteiger partial charge is 0.478 e. The lowest BCUT2D eigenvalue weighted by molar-refractivity contribution is 0.0690. The minimum Gasteiger partial charge on any atom is -0.478 e. The first-order chi connectivity index (χ1) is 13.8. The highest BCUT2D eigenvalue weighted by Gasteiger charge is 2.26. The van der Waals surface area contributed by atoms with Crippen molar-refractivity contribution in [3.8, 4) is 0 Å².